The van der Waals surface area contributed by atoms with Crippen molar-refractivity contribution < 1.29 is 0 Å². The van der Waals surface area contributed by atoms with E-state index in [1.165, 1.54) is 0 Å². The average Bonchev–Trinajstić information content (AvgIpc) is 2.66. The van der Waals surface area contributed by atoms with Gasteiger partial charge in [-0.15, -0.1) is 0 Å². The van der Waals surface area contributed by atoms with Gasteiger partial charge in [0.15, 0.2) is 11.4 Å². The number of hydrogen-bond acceptors (Lipinski definition) is 4. The minimum atomic E-state index is 0.215. The summed E-state index contributed by atoms with van der Waals surface area (Å²) >= 11 is 4.12. The first-order valence-corrected chi connectivity index (χ1v) is 5.43. The second-order valence-electron chi connectivity index (χ2n) is 3.14. The lowest BCUT2D eigenvalue weighted by atomic mass is 10.2. The quantitative estimate of drug-likeness (QED) is 0.607. The molecule has 0 aliphatic heterocycles. The summed E-state index contributed by atoms with van der Waals surface area (Å²) < 4.78 is 1.73. The van der Waals surface area contributed by atoms with Gasteiger partial charge in [0.25, 0.3) is 0 Å². The van der Waals surface area contributed by atoms with E-state index in [1.807, 2.05) is 12.1 Å². The highest BCUT2D eigenvalue weighted by molar-refractivity contribution is 7.80. The molecule has 1 rings (SSSR count). The fraction of sp³-hybridized carbons (Fsp3) is 0.500. The van der Waals surface area contributed by atoms with Gasteiger partial charge in [0.05, 0.1) is 6.33 Å². The molecule has 0 spiro atoms. The third-order valence-corrected chi connectivity index (χ3v) is 2.42. The molecule has 0 aliphatic rings. The fourth-order valence-corrected chi connectivity index (χ4v) is 1.55. The van der Waals surface area contributed by atoms with Gasteiger partial charge in [-0.1, -0.05) is 6.42 Å². The molecular weight excluding hydrogens is 208 g/mol. The van der Waals surface area contributed by atoms with E-state index in [-0.39, 0.29) is 5.69 Å². The first-order valence-electron chi connectivity index (χ1n) is 4.79. The van der Waals surface area contributed by atoms with Crippen LogP contribution in [0, 0.1) is 22.7 Å². The standard InChI is InChI=1S/C10H12N4S/c11-6-9-10(7-12)14(8-13-9)4-2-1-3-5-15/h8,15H,1-5H2. The number of imidazole rings is 1. The molecule has 0 atom stereocenters. The summed E-state index contributed by atoms with van der Waals surface area (Å²) in [6, 6.07) is 3.90. The molecule has 0 aliphatic carbocycles. The number of nitriles is 2. The van der Waals surface area contributed by atoms with Crippen molar-refractivity contribution in [2.45, 2.75) is 25.8 Å². The Labute approximate surface area is 94.6 Å². The Morgan fingerprint density at radius 1 is 1.27 bits per heavy atom. The molecule has 15 heavy (non-hydrogen) atoms. The minimum absolute atomic E-state index is 0.215. The summed E-state index contributed by atoms with van der Waals surface area (Å²) in [6.07, 6.45) is 4.69. The van der Waals surface area contributed by atoms with Crippen LogP contribution in [0.5, 0.6) is 0 Å². The molecule has 0 saturated heterocycles. The fourth-order valence-electron chi connectivity index (χ4n) is 1.32. The summed E-state index contributed by atoms with van der Waals surface area (Å²) in [5, 5.41) is 17.5. The zero-order valence-electron chi connectivity index (χ0n) is 8.35. The van der Waals surface area contributed by atoms with Crippen molar-refractivity contribution in [3.63, 3.8) is 0 Å². The van der Waals surface area contributed by atoms with E-state index in [9.17, 15) is 0 Å². The molecule has 1 heterocycles. The Balaban J connectivity index is 2.59. The van der Waals surface area contributed by atoms with Crippen molar-refractivity contribution in [1.82, 2.24) is 9.55 Å². The van der Waals surface area contributed by atoms with Crippen molar-refractivity contribution in [2.75, 3.05) is 5.75 Å². The van der Waals surface area contributed by atoms with E-state index in [1.54, 1.807) is 10.9 Å². The molecule has 0 radical (unpaired) electrons. The SMILES string of the molecule is N#Cc1ncn(CCCCCS)c1C#N. The predicted molar refractivity (Wildman–Crippen MR) is 59.4 cm³/mol. The van der Waals surface area contributed by atoms with Gasteiger partial charge in [-0.05, 0) is 18.6 Å². The smallest absolute Gasteiger partial charge is 0.176 e. The van der Waals surface area contributed by atoms with E-state index < -0.39 is 0 Å². The van der Waals surface area contributed by atoms with Gasteiger partial charge >= 0.3 is 0 Å². The van der Waals surface area contributed by atoms with E-state index in [2.05, 4.69) is 17.6 Å². The zero-order chi connectivity index (χ0) is 11.1. The molecule has 0 bridgehead atoms. The number of unbranched alkanes of at least 4 members (excludes halogenated alkanes) is 2. The highest BCUT2D eigenvalue weighted by Gasteiger charge is 2.08. The van der Waals surface area contributed by atoms with Crippen LogP contribution in [-0.4, -0.2) is 15.3 Å². The maximum absolute atomic E-state index is 8.85. The van der Waals surface area contributed by atoms with E-state index in [4.69, 9.17) is 10.5 Å². The minimum Gasteiger partial charge on any atom is -0.321 e. The summed E-state index contributed by atoms with van der Waals surface area (Å²) in [5.41, 5.74) is 0.579. The van der Waals surface area contributed by atoms with Gasteiger partial charge in [-0.25, -0.2) is 4.98 Å². The summed E-state index contributed by atoms with van der Waals surface area (Å²) in [6.45, 7) is 0.741. The largest absolute Gasteiger partial charge is 0.321 e. The molecule has 0 fully saturated rings. The molecule has 1 aromatic rings. The number of rotatable bonds is 5. The Hall–Kier alpha value is -1.46. The number of thiol groups is 1. The predicted octanol–water partition coefficient (Wildman–Crippen LogP) is 1.73. The van der Waals surface area contributed by atoms with Crippen molar-refractivity contribution in [3.05, 3.63) is 17.7 Å². The van der Waals surface area contributed by atoms with Crippen LogP contribution in [0.3, 0.4) is 0 Å². The number of aromatic nitrogens is 2. The molecule has 0 N–H and O–H groups in total. The van der Waals surface area contributed by atoms with Crippen molar-refractivity contribution in [2.24, 2.45) is 0 Å². The van der Waals surface area contributed by atoms with Gasteiger partial charge in [0.2, 0.25) is 0 Å². The lowest BCUT2D eigenvalue weighted by molar-refractivity contribution is 0.600. The van der Waals surface area contributed by atoms with Crippen molar-refractivity contribution >= 4 is 12.6 Å². The highest BCUT2D eigenvalue weighted by atomic mass is 32.1. The van der Waals surface area contributed by atoms with Crippen molar-refractivity contribution in [1.29, 1.82) is 10.5 Å². The number of nitrogens with zero attached hydrogens (tertiary/aromatic N) is 4. The normalized spacial score (nSPS) is 9.53. The van der Waals surface area contributed by atoms with E-state index >= 15 is 0 Å². The number of hydrogen-bond donors (Lipinski definition) is 1. The van der Waals surface area contributed by atoms with Gasteiger partial charge in [-0.2, -0.15) is 23.2 Å². The highest BCUT2D eigenvalue weighted by Crippen LogP contribution is 2.07. The van der Waals surface area contributed by atoms with Crippen LogP contribution in [0.15, 0.2) is 6.33 Å². The lowest BCUT2D eigenvalue weighted by Crippen LogP contribution is -2.00. The zero-order valence-corrected chi connectivity index (χ0v) is 9.24. The number of aryl methyl sites for hydroxylation is 1. The van der Waals surface area contributed by atoms with Gasteiger partial charge in [0.1, 0.15) is 12.1 Å². The third kappa shape index (κ3) is 3.00. The Morgan fingerprint density at radius 2 is 2.07 bits per heavy atom. The van der Waals surface area contributed by atoms with E-state index in [0.29, 0.717) is 5.69 Å². The Kier molecular flexibility index (Phi) is 4.73. The third-order valence-electron chi connectivity index (χ3n) is 2.11. The van der Waals surface area contributed by atoms with Crippen LogP contribution in [0.2, 0.25) is 0 Å². The maximum Gasteiger partial charge on any atom is 0.176 e. The first kappa shape index (κ1) is 11.6. The molecular formula is C10H12N4S. The second-order valence-corrected chi connectivity index (χ2v) is 3.59. The lowest BCUT2D eigenvalue weighted by Gasteiger charge is -2.02. The maximum atomic E-state index is 8.85. The first-order chi connectivity index (χ1) is 7.33. The molecule has 0 aromatic carbocycles. The molecule has 4 nitrogen and oxygen atoms in total. The molecule has 0 amide bonds. The van der Waals surface area contributed by atoms with Gasteiger partial charge in [-0.3, -0.25) is 0 Å². The van der Waals surface area contributed by atoms with E-state index in [0.717, 1.165) is 31.6 Å². The molecule has 5 heteroatoms. The second kappa shape index (κ2) is 6.10. The molecule has 0 unspecified atom stereocenters. The molecule has 78 valence electrons. The summed E-state index contributed by atoms with van der Waals surface area (Å²) in [5.74, 6) is 0.887. The van der Waals surface area contributed by atoms with Crippen LogP contribution < -0.4 is 0 Å². The molecule has 1 aromatic heterocycles. The Bertz CT molecular complexity index is 397. The monoisotopic (exact) mass is 220 g/mol. The van der Waals surface area contributed by atoms with Crippen molar-refractivity contribution in [3.8, 4) is 12.1 Å². The Morgan fingerprint density at radius 3 is 2.67 bits per heavy atom. The summed E-state index contributed by atoms with van der Waals surface area (Å²) in [7, 11) is 0. The van der Waals surface area contributed by atoms with Gasteiger partial charge < -0.3 is 4.57 Å². The molecule has 0 saturated carbocycles. The van der Waals surface area contributed by atoms with Crippen LogP contribution >= 0.6 is 12.6 Å². The summed E-state index contributed by atoms with van der Waals surface area (Å²) in [4.78, 5) is 3.87. The van der Waals surface area contributed by atoms with Crippen LogP contribution in [-0.2, 0) is 6.54 Å². The topological polar surface area (TPSA) is 65.4 Å². The van der Waals surface area contributed by atoms with Gasteiger partial charge in [0, 0.05) is 6.54 Å². The van der Waals surface area contributed by atoms with Crippen LogP contribution in [0.4, 0.5) is 0 Å². The van der Waals surface area contributed by atoms with Crippen LogP contribution in [0.1, 0.15) is 30.7 Å². The average molecular weight is 220 g/mol. The van der Waals surface area contributed by atoms with Crippen LogP contribution in [0.25, 0.3) is 0 Å².